The van der Waals surface area contributed by atoms with Crippen LogP contribution in [0.15, 0.2) is 36.4 Å². The zero-order valence-electron chi connectivity index (χ0n) is 12.1. The zero-order valence-corrected chi connectivity index (χ0v) is 12.1. The lowest BCUT2D eigenvalue weighted by atomic mass is 9.98. The molecular weight excluding hydrogens is 274 g/mol. The van der Waals surface area contributed by atoms with Crippen LogP contribution in [-0.2, 0) is 13.0 Å². The van der Waals surface area contributed by atoms with Crippen LogP contribution < -0.4 is 4.74 Å². The van der Waals surface area contributed by atoms with Gasteiger partial charge in [-0.25, -0.2) is 8.78 Å². The molecule has 2 rings (SSSR count). The predicted octanol–water partition coefficient (Wildman–Crippen LogP) is 3.91. The molecule has 0 saturated heterocycles. The molecule has 4 heteroatoms. The molecule has 0 bridgehead atoms. The highest BCUT2D eigenvalue weighted by Gasteiger charge is 2.09. The van der Waals surface area contributed by atoms with Crippen LogP contribution in [0.3, 0.4) is 0 Å². The molecule has 2 aromatic carbocycles. The lowest BCUT2D eigenvalue weighted by molar-refractivity contribution is 0.0859. The van der Waals surface area contributed by atoms with Crippen LogP contribution in [0.25, 0.3) is 0 Å². The monoisotopic (exact) mass is 292 g/mol. The third-order valence-corrected chi connectivity index (χ3v) is 3.29. The molecule has 112 valence electrons. The van der Waals surface area contributed by atoms with Gasteiger partial charge in [0.15, 0.2) is 0 Å². The number of hydrogen-bond donors (Lipinski definition) is 1. The van der Waals surface area contributed by atoms with Crippen molar-refractivity contribution in [2.24, 2.45) is 0 Å². The summed E-state index contributed by atoms with van der Waals surface area (Å²) < 4.78 is 31.7. The second-order valence-corrected chi connectivity index (χ2v) is 5.01. The molecule has 1 N–H and O–H groups in total. The van der Waals surface area contributed by atoms with Gasteiger partial charge in [-0.2, -0.15) is 0 Å². The number of aliphatic hydroxyl groups is 1. The Morgan fingerprint density at radius 2 is 1.90 bits per heavy atom. The minimum Gasteiger partial charge on any atom is -0.461 e. The maximum Gasteiger partial charge on any atom is 0.235 e. The normalized spacial score (nSPS) is 12.2. The van der Waals surface area contributed by atoms with E-state index in [1.807, 2.05) is 25.1 Å². The molecule has 1 atom stereocenters. The summed E-state index contributed by atoms with van der Waals surface area (Å²) in [4.78, 5) is 0. The van der Waals surface area contributed by atoms with Crippen molar-refractivity contribution in [2.45, 2.75) is 33.2 Å². The van der Waals surface area contributed by atoms with Gasteiger partial charge >= 0.3 is 0 Å². The van der Waals surface area contributed by atoms with Crippen molar-refractivity contribution in [3.63, 3.8) is 0 Å². The van der Waals surface area contributed by atoms with Gasteiger partial charge in [-0.3, -0.25) is 0 Å². The number of hydrogen-bond acceptors (Lipinski definition) is 2. The molecule has 0 spiro atoms. The van der Waals surface area contributed by atoms with E-state index in [9.17, 15) is 8.78 Å². The van der Waals surface area contributed by atoms with Crippen LogP contribution in [0, 0.1) is 12.7 Å². The Kier molecular flexibility index (Phi) is 4.91. The Morgan fingerprint density at radius 3 is 2.52 bits per heavy atom. The fraction of sp³-hybridized carbons (Fsp3) is 0.294. The molecule has 0 fully saturated rings. The van der Waals surface area contributed by atoms with Gasteiger partial charge < -0.3 is 9.84 Å². The smallest absolute Gasteiger partial charge is 0.235 e. The number of alkyl halides is 1. The highest BCUT2D eigenvalue weighted by molar-refractivity contribution is 5.38. The summed E-state index contributed by atoms with van der Waals surface area (Å²) in [5, 5.41) is 9.10. The van der Waals surface area contributed by atoms with E-state index >= 15 is 0 Å². The summed E-state index contributed by atoms with van der Waals surface area (Å²) in [6, 6.07) is 9.76. The number of ether oxygens (including phenoxy) is 1. The lowest BCUT2D eigenvalue weighted by Gasteiger charge is -2.11. The van der Waals surface area contributed by atoms with Gasteiger partial charge in [-0.15, -0.1) is 0 Å². The maximum atomic E-state index is 13.9. The molecule has 0 aliphatic heterocycles. The van der Waals surface area contributed by atoms with E-state index in [4.69, 9.17) is 9.84 Å². The largest absolute Gasteiger partial charge is 0.461 e. The van der Waals surface area contributed by atoms with Crippen LogP contribution in [0.1, 0.15) is 29.2 Å². The van der Waals surface area contributed by atoms with E-state index in [-0.39, 0.29) is 12.4 Å². The molecule has 21 heavy (non-hydrogen) atoms. The van der Waals surface area contributed by atoms with E-state index in [1.54, 1.807) is 0 Å². The van der Waals surface area contributed by atoms with E-state index in [0.717, 1.165) is 16.7 Å². The van der Waals surface area contributed by atoms with Crippen molar-refractivity contribution >= 4 is 0 Å². The van der Waals surface area contributed by atoms with Crippen LogP contribution >= 0.6 is 0 Å². The Balaban J connectivity index is 2.26. The van der Waals surface area contributed by atoms with Crippen LogP contribution in [-0.4, -0.2) is 11.5 Å². The first-order chi connectivity index (χ1) is 9.99. The van der Waals surface area contributed by atoms with E-state index in [2.05, 4.69) is 0 Å². The Morgan fingerprint density at radius 1 is 1.14 bits per heavy atom. The summed E-state index contributed by atoms with van der Waals surface area (Å²) in [5.41, 5.74) is 3.20. The minimum absolute atomic E-state index is 0.0206. The molecule has 2 aromatic rings. The van der Waals surface area contributed by atoms with Crippen molar-refractivity contribution in [3.05, 3.63) is 64.5 Å². The fourth-order valence-electron chi connectivity index (χ4n) is 2.21. The molecule has 0 amide bonds. The van der Waals surface area contributed by atoms with Crippen molar-refractivity contribution in [1.29, 1.82) is 0 Å². The summed E-state index contributed by atoms with van der Waals surface area (Å²) in [5.74, 6) is -0.0365. The fourth-order valence-corrected chi connectivity index (χ4v) is 2.21. The standard InChI is InChI=1S/C17H18F2O2/c1-11-7-13(10-20)3-4-14(11)8-15-9-16(21-12(2)18)5-6-17(15)19/h3-7,9,12,20H,8,10H2,1-2H3. The number of halogens is 2. The topological polar surface area (TPSA) is 29.5 Å². The second kappa shape index (κ2) is 6.68. The molecule has 0 saturated carbocycles. The predicted molar refractivity (Wildman–Crippen MR) is 77.5 cm³/mol. The Labute approximate surface area is 123 Å². The average molecular weight is 292 g/mol. The van der Waals surface area contributed by atoms with Crippen LogP contribution in [0.5, 0.6) is 5.75 Å². The third-order valence-electron chi connectivity index (χ3n) is 3.29. The van der Waals surface area contributed by atoms with Gasteiger partial charge in [0.25, 0.3) is 0 Å². The van der Waals surface area contributed by atoms with Crippen LogP contribution in [0.4, 0.5) is 8.78 Å². The van der Waals surface area contributed by atoms with Gasteiger partial charge in [0.2, 0.25) is 6.36 Å². The summed E-state index contributed by atoms with van der Waals surface area (Å²) in [6.45, 7) is 3.17. The van der Waals surface area contributed by atoms with E-state index < -0.39 is 6.36 Å². The van der Waals surface area contributed by atoms with Gasteiger partial charge in [0.05, 0.1) is 6.61 Å². The first-order valence-electron chi connectivity index (χ1n) is 6.78. The van der Waals surface area contributed by atoms with Gasteiger partial charge in [0.1, 0.15) is 11.6 Å². The maximum absolute atomic E-state index is 13.9. The van der Waals surface area contributed by atoms with Crippen molar-refractivity contribution in [3.8, 4) is 5.75 Å². The molecule has 0 aliphatic rings. The Hall–Kier alpha value is -1.94. The van der Waals surface area contributed by atoms with Crippen molar-refractivity contribution < 1.29 is 18.6 Å². The first kappa shape index (κ1) is 15.4. The summed E-state index contributed by atoms with van der Waals surface area (Å²) >= 11 is 0. The van der Waals surface area contributed by atoms with Crippen molar-refractivity contribution in [2.75, 3.05) is 0 Å². The molecule has 1 unspecified atom stereocenters. The van der Waals surface area contributed by atoms with Gasteiger partial charge in [0, 0.05) is 13.3 Å². The molecule has 0 radical (unpaired) electrons. The molecule has 0 aliphatic carbocycles. The third kappa shape index (κ3) is 4.02. The van der Waals surface area contributed by atoms with E-state index in [0.29, 0.717) is 17.7 Å². The summed E-state index contributed by atoms with van der Waals surface area (Å²) in [6.07, 6.45) is -1.05. The SMILES string of the molecule is Cc1cc(CO)ccc1Cc1cc(OC(C)F)ccc1F. The van der Waals surface area contributed by atoms with Crippen LogP contribution in [0.2, 0.25) is 0 Å². The van der Waals surface area contributed by atoms with Gasteiger partial charge in [-0.1, -0.05) is 18.2 Å². The molecule has 2 nitrogen and oxygen atoms in total. The lowest BCUT2D eigenvalue weighted by Crippen LogP contribution is -2.05. The highest BCUT2D eigenvalue weighted by atomic mass is 19.1. The first-order valence-corrected chi connectivity index (χ1v) is 6.78. The van der Waals surface area contributed by atoms with E-state index in [1.165, 1.54) is 25.1 Å². The summed E-state index contributed by atoms with van der Waals surface area (Å²) in [7, 11) is 0. The number of aryl methyl sites for hydroxylation is 1. The Bertz CT molecular complexity index is 624. The average Bonchev–Trinajstić information content (AvgIpc) is 2.44. The molecule has 0 aromatic heterocycles. The molecular formula is C17H18F2O2. The number of rotatable bonds is 5. The zero-order chi connectivity index (χ0) is 15.4. The highest BCUT2D eigenvalue weighted by Crippen LogP contribution is 2.23. The van der Waals surface area contributed by atoms with Gasteiger partial charge in [-0.05, 0) is 47.4 Å². The number of aliphatic hydroxyl groups excluding tert-OH is 1. The minimum atomic E-state index is -1.44. The second-order valence-electron chi connectivity index (χ2n) is 5.01. The number of benzene rings is 2. The quantitative estimate of drug-likeness (QED) is 0.905. The molecule has 0 heterocycles. The van der Waals surface area contributed by atoms with Crippen molar-refractivity contribution in [1.82, 2.24) is 0 Å².